The predicted octanol–water partition coefficient (Wildman–Crippen LogP) is 1.60. The van der Waals surface area contributed by atoms with Crippen molar-refractivity contribution in [2.45, 2.75) is 19.4 Å². The van der Waals surface area contributed by atoms with Gasteiger partial charge in [0.2, 0.25) is 0 Å². The SMILES string of the molecule is COCCN(C(=O)c1cnn(-c2ccccc2F)c1C)C1CCS(=O)(=O)C1. The van der Waals surface area contributed by atoms with Crippen LogP contribution in [0.25, 0.3) is 5.69 Å². The van der Waals surface area contributed by atoms with Gasteiger partial charge in [0.05, 0.1) is 35.6 Å². The van der Waals surface area contributed by atoms with Gasteiger partial charge in [-0.2, -0.15) is 5.10 Å². The molecule has 0 bridgehead atoms. The fourth-order valence-electron chi connectivity index (χ4n) is 3.30. The third-order valence-electron chi connectivity index (χ3n) is 4.77. The van der Waals surface area contributed by atoms with Crippen LogP contribution in [0.5, 0.6) is 0 Å². The summed E-state index contributed by atoms with van der Waals surface area (Å²) < 4.78 is 44.2. The number of benzene rings is 1. The highest BCUT2D eigenvalue weighted by molar-refractivity contribution is 7.91. The van der Waals surface area contributed by atoms with Crippen molar-refractivity contribution in [3.05, 3.63) is 47.5 Å². The highest BCUT2D eigenvalue weighted by atomic mass is 32.2. The molecule has 1 saturated heterocycles. The number of aromatic nitrogens is 2. The summed E-state index contributed by atoms with van der Waals surface area (Å²) in [7, 11) is -1.62. The highest BCUT2D eigenvalue weighted by Gasteiger charge is 2.35. The number of nitrogens with zero attached hydrogens (tertiary/aromatic N) is 3. The number of hydrogen-bond donors (Lipinski definition) is 0. The normalized spacial score (nSPS) is 18.6. The van der Waals surface area contributed by atoms with E-state index in [0.29, 0.717) is 24.3 Å². The highest BCUT2D eigenvalue weighted by Crippen LogP contribution is 2.23. The minimum Gasteiger partial charge on any atom is -0.383 e. The summed E-state index contributed by atoms with van der Waals surface area (Å²) in [6.07, 6.45) is 1.80. The number of halogens is 1. The first-order valence-corrected chi connectivity index (χ1v) is 10.5. The quantitative estimate of drug-likeness (QED) is 0.742. The maximum atomic E-state index is 14.1. The van der Waals surface area contributed by atoms with Crippen LogP contribution in [0.3, 0.4) is 0 Å². The lowest BCUT2D eigenvalue weighted by Crippen LogP contribution is -2.43. The van der Waals surface area contributed by atoms with Gasteiger partial charge in [-0.3, -0.25) is 4.79 Å². The van der Waals surface area contributed by atoms with Crippen LogP contribution in [0.2, 0.25) is 0 Å². The van der Waals surface area contributed by atoms with Gasteiger partial charge in [0, 0.05) is 19.7 Å². The molecule has 3 rings (SSSR count). The van der Waals surface area contributed by atoms with Gasteiger partial charge < -0.3 is 9.64 Å². The largest absolute Gasteiger partial charge is 0.383 e. The number of carbonyl (C=O) groups excluding carboxylic acids is 1. The van der Waals surface area contributed by atoms with E-state index >= 15 is 0 Å². The topological polar surface area (TPSA) is 81.5 Å². The average Bonchev–Trinajstić information content (AvgIpc) is 3.18. The fraction of sp³-hybridized carbons (Fsp3) is 0.444. The predicted molar refractivity (Wildman–Crippen MR) is 98.2 cm³/mol. The first kappa shape index (κ1) is 19.5. The minimum atomic E-state index is -3.14. The fourth-order valence-corrected chi connectivity index (χ4v) is 5.03. The summed E-state index contributed by atoms with van der Waals surface area (Å²) in [5, 5.41) is 4.17. The van der Waals surface area contributed by atoms with E-state index in [1.165, 1.54) is 29.0 Å². The molecule has 7 nitrogen and oxygen atoms in total. The molecule has 0 N–H and O–H groups in total. The molecular weight excluding hydrogens is 373 g/mol. The Morgan fingerprint density at radius 2 is 2.15 bits per heavy atom. The molecule has 146 valence electrons. The second-order valence-corrected chi connectivity index (χ2v) is 8.78. The standard InChI is InChI=1S/C18H22FN3O4S/c1-13-15(11-20-22(13)17-6-4-3-5-16(17)19)18(23)21(8-9-26-2)14-7-10-27(24,25)12-14/h3-6,11,14H,7-10,12H2,1-2H3. The van der Waals surface area contributed by atoms with Crippen molar-refractivity contribution in [2.75, 3.05) is 31.8 Å². The Kier molecular flexibility index (Phi) is 5.61. The molecule has 1 unspecified atom stereocenters. The van der Waals surface area contributed by atoms with E-state index in [-0.39, 0.29) is 29.6 Å². The zero-order valence-corrected chi connectivity index (χ0v) is 16.1. The second-order valence-electron chi connectivity index (χ2n) is 6.56. The van der Waals surface area contributed by atoms with E-state index in [0.717, 1.165) is 0 Å². The van der Waals surface area contributed by atoms with Crippen molar-refractivity contribution in [1.82, 2.24) is 14.7 Å². The molecule has 0 radical (unpaired) electrons. The van der Waals surface area contributed by atoms with Crippen molar-refractivity contribution >= 4 is 15.7 Å². The molecule has 0 aliphatic carbocycles. The molecule has 27 heavy (non-hydrogen) atoms. The van der Waals surface area contributed by atoms with E-state index in [1.807, 2.05) is 0 Å². The molecule has 1 aliphatic heterocycles. The third-order valence-corrected chi connectivity index (χ3v) is 6.52. The van der Waals surface area contributed by atoms with Crippen LogP contribution in [0.15, 0.2) is 30.5 Å². The summed E-state index contributed by atoms with van der Waals surface area (Å²) in [5.41, 5.74) is 1.06. The number of amides is 1. The molecule has 1 amide bonds. The van der Waals surface area contributed by atoms with Gasteiger partial charge in [0.1, 0.15) is 11.5 Å². The second kappa shape index (κ2) is 7.77. The van der Waals surface area contributed by atoms with Crippen LogP contribution < -0.4 is 0 Å². The Morgan fingerprint density at radius 1 is 1.41 bits per heavy atom. The summed E-state index contributed by atoms with van der Waals surface area (Å²) in [5.74, 6) is -0.750. The first-order valence-electron chi connectivity index (χ1n) is 8.64. The minimum absolute atomic E-state index is 0.0526. The number of carbonyl (C=O) groups is 1. The molecule has 2 aromatic rings. The van der Waals surface area contributed by atoms with E-state index in [9.17, 15) is 17.6 Å². The Morgan fingerprint density at radius 3 is 2.78 bits per heavy atom. The number of sulfone groups is 1. The number of ether oxygens (including phenoxy) is 1. The molecule has 1 aromatic heterocycles. The molecular formula is C18H22FN3O4S. The van der Waals surface area contributed by atoms with Crippen LogP contribution in [0.4, 0.5) is 4.39 Å². The maximum Gasteiger partial charge on any atom is 0.257 e. The summed E-state index contributed by atoms with van der Waals surface area (Å²) >= 11 is 0. The van der Waals surface area contributed by atoms with Crippen LogP contribution in [-0.4, -0.2) is 66.8 Å². The molecule has 0 saturated carbocycles. The monoisotopic (exact) mass is 395 g/mol. The van der Waals surface area contributed by atoms with Gasteiger partial charge in [-0.05, 0) is 25.5 Å². The number of para-hydroxylation sites is 1. The number of hydrogen-bond acceptors (Lipinski definition) is 5. The Hall–Kier alpha value is -2.26. The first-order chi connectivity index (χ1) is 12.8. The smallest absolute Gasteiger partial charge is 0.257 e. The molecule has 1 aromatic carbocycles. The van der Waals surface area contributed by atoms with Gasteiger partial charge in [-0.1, -0.05) is 12.1 Å². The summed E-state index contributed by atoms with van der Waals surface area (Å²) in [6, 6.07) is 5.78. The van der Waals surface area contributed by atoms with Crippen molar-refractivity contribution in [3.8, 4) is 5.69 Å². The zero-order chi connectivity index (χ0) is 19.6. The van der Waals surface area contributed by atoms with Gasteiger partial charge >= 0.3 is 0 Å². The van der Waals surface area contributed by atoms with Crippen molar-refractivity contribution < 1.29 is 22.3 Å². The number of methoxy groups -OCH3 is 1. The van der Waals surface area contributed by atoms with E-state index in [1.54, 1.807) is 25.1 Å². The molecule has 2 heterocycles. The van der Waals surface area contributed by atoms with Crippen molar-refractivity contribution in [2.24, 2.45) is 0 Å². The lowest BCUT2D eigenvalue weighted by atomic mass is 10.1. The molecule has 1 fully saturated rings. The van der Waals surface area contributed by atoms with Gasteiger partial charge in [0.25, 0.3) is 5.91 Å². The lowest BCUT2D eigenvalue weighted by Gasteiger charge is -2.28. The Bertz CT molecular complexity index is 942. The zero-order valence-electron chi connectivity index (χ0n) is 15.3. The number of rotatable bonds is 6. The molecule has 1 atom stereocenters. The van der Waals surface area contributed by atoms with E-state index in [4.69, 9.17) is 4.74 Å². The lowest BCUT2D eigenvalue weighted by molar-refractivity contribution is 0.0623. The van der Waals surface area contributed by atoms with Gasteiger partial charge in [0.15, 0.2) is 9.84 Å². The summed E-state index contributed by atoms with van der Waals surface area (Å²) in [6.45, 7) is 2.26. The van der Waals surface area contributed by atoms with Crippen molar-refractivity contribution in [3.63, 3.8) is 0 Å². The van der Waals surface area contributed by atoms with Crippen LogP contribution >= 0.6 is 0 Å². The van der Waals surface area contributed by atoms with Crippen molar-refractivity contribution in [1.29, 1.82) is 0 Å². The average molecular weight is 395 g/mol. The van der Waals surface area contributed by atoms with Crippen LogP contribution in [-0.2, 0) is 14.6 Å². The third kappa shape index (κ3) is 4.03. The van der Waals surface area contributed by atoms with Gasteiger partial charge in [-0.15, -0.1) is 0 Å². The van der Waals surface area contributed by atoms with E-state index in [2.05, 4.69) is 5.10 Å². The molecule has 0 spiro atoms. The van der Waals surface area contributed by atoms with Gasteiger partial charge in [-0.25, -0.2) is 17.5 Å². The molecule has 9 heteroatoms. The Balaban J connectivity index is 1.92. The Labute approximate surface area is 157 Å². The summed E-state index contributed by atoms with van der Waals surface area (Å²) in [4.78, 5) is 14.7. The molecule has 1 aliphatic rings. The van der Waals surface area contributed by atoms with Crippen LogP contribution in [0.1, 0.15) is 22.5 Å². The maximum absolute atomic E-state index is 14.1. The van der Waals surface area contributed by atoms with Crippen LogP contribution in [0, 0.1) is 12.7 Å². The van der Waals surface area contributed by atoms with E-state index < -0.39 is 21.7 Å².